The Balaban J connectivity index is 2.14. The largest absolute Gasteiger partial charge is 0.461 e. The molecule has 1 aliphatic heterocycles. The molecule has 0 bridgehead atoms. The zero-order valence-electron chi connectivity index (χ0n) is 9.48. The number of aromatic nitrogens is 2. The van der Waals surface area contributed by atoms with Crippen molar-refractivity contribution < 1.29 is 9.53 Å². The lowest BCUT2D eigenvalue weighted by molar-refractivity contribution is 0.0507. The number of hydrogen-bond acceptors (Lipinski definition) is 4. The average Bonchev–Trinajstić information content (AvgIpc) is 2.79. The van der Waals surface area contributed by atoms with E-state index in [-0.39, 0.29) is 12.0 Å². The van der Waals surface area contributed by atoms with E-state index in [1.165, 1.54) is 0 Å². The van der Waals surface area contributed by atoms with Crippen LogP contribution in [0.25, 0.3) is 0 Å². The Morgan fingerprint density at radius 2 is 2.62 bits per heavy atom. The number of carbonyl (C=O) groups excluding carboxylic acids is 1. The predicted molar refractivity (Wildman–Crippen MR) is 59.3 cm³/mol. The molecule has 1 N–H and O–H groups in total. The topological polar surface area (TPSA) is 56.1 Å². The van der Waals surface area contributed by atoms with Gasteiger partial charge in [0, 0.05) is 12.7 Å². The van der Waals surface area contributed by atoms with Gasteiger partial charge >= 0.3 is 5.97 Å². The summed E-state index contributed by atoms with van der Waals surface area (Å²) in [5, 5.41) is 7.53. The monoisotopic (exact) mass is 223 g/mol. The van der Waals surface area contributed by atoms with E-state index in [1.807, 2.05) is 0 Å². The maximum absolute atomic E-state index is 11.7. The average molecular weight is 223 g/mol. The van der Waals surface area contributed by atoms with Gasteiger partial charge in [-0.3, -0.25) is 4.68 Å². The summed E-state index contributed by atoms with van der Waals surface area (Å²) in [6.07, 6.45) is 3.83. The Hall–Kier alpha value is -1.36. The van der Waals surface area contributed by atoms with E-state index in [1.54, 1.807) is 23.9 Å². The van der Waals surface area contributed by atoms with Gasteiger partial charge in [-0.1, -0.05) is 0 Å². The molecule has 0 saturated carbocycles. The molecule has 0 aromatic carbocycles. The predicted octanol–water partition coefficient (Wildman–Crippen LogP) is 0.984. The Labute approximate surface area is 94.8 Å². The maximum atomic E-state index is 11.7. The van der Waals surface area contributed by atoms with Crippen molar-refractivity contribution in [2.75, 3.05) is 19.7 Å². The van der Waals surface area contributed by atoms with Crippen molar-refractivity contribution >= 4 is 5.97 Å². The summed E-state index contributed by atoms with van der Waals surface area (Å²) in [5.41, 5.74) is 0.551. The molecule has 2 rings (SSSR count). The standard InChI is InChI=1S/C11H17N3O2/c1-2-16-11(15)10-5-7-13-14(10)9-4-3-6-12-8-9/h5,7,9,12H,2-4,6,8H2,1H3. The number of nitrogens with zero attached hydrogens (tertiary/aromatic N) is 2. The molecular formula is C11H17N3O2. The van der Waals surface area contributed by atoms with Crippen LogP contribution in [0.4, 0.5) is 0 Å². The molecule has 1 fully saturated rings. The van der Waals surface area contributed by atoms with Crippen LogP contribution in [0.5, 0.6) is 0 Å². The minimum Gasteiger partial charge on any atom is -0.461 e. The lowest BCUT2D eigenvalue weighted by atomic mass is 10.1. The first-order valence-electron chi connectivity index (χ1n) is 5.74. The van der Waals surface area contributed by atoms with Gasteiger partial charge in [-0.2, -0.15) is 5.10 Å². The highest BCUT2D eigenvalue weighted by Crippen LogP contribution is 2.18. The number of ether oxygens (including phenoxy) is 1. The van der Waals surface area contributed by atoms with Crippen molar-refractivity contribution in [3.05, 3.63) is 18.0 Å². The third-order valence-corrected chi connectivity index (χ3v) is 2.77. The van der Waals surface area contributed by atoms with Crippen molar-refractivity contribution in [2.24, 2.45) is 0 Å². The molecule has 5 heteroatoms. The van der Waals surface area contributed by atoms with Crippen LogP contribution in [0.3, 0.4) is 0 Å². The molecule has 88 valence electrons. The maximum Gasteiger partial charge on any atom is 0.356 e. The molecule has 2 heterocycles. The van der Waals surface area contributed by atoms with Gasteiger partial charge in [0.05, 0.1) is 12.6 Å². The lowest BCUT2D eigenvalue weighted by Gasteiger charge is -2.24. The highest BCUT2D eigenvalue weighted by molar-refractivity contribution is 5.87. The number of piperidine rings is 1. The molecule has 5 nitrogen and oxygen atoms in total. The Kier molecular flexibility index (Phi) is 3.56. The highest BCUT2D eigenvalue weighted by atomic mass is 16.5. The van der Waals surface area contributed by atoms with Crippen LogP contribution in [0.15, 0.2) is 12.3 Å². The van der Waals surface area contributed by atoms with Crippen LogP contribution >= 0.6 is 0 Å². The molecule has 1 aromatic rings. The molecule has 1 aliphatic rings. The second-order valence-corrected chi connectivity index (χ2v) is 3.88. The summed E-state index contributed by atoms with van der Waals surface area (Å²) in [6, 6.07) is 1.98. The van der Waals surface area contributed by atoms with E-state index in [4.69, 9.17) is 4.74 Å². The van der Waals surface area contributed by atoms with Gasteiger partial charge in [0.15, 0.2) is 0 Å². The molecule has 1 saturated heterocycles. The van der Waals surface area contributed by atoms with Crippen LogP contribution in [0.1, 0.15) is 36.3 Å². The molecule has 16 heavy (non-hydrogen) atoms. The molecule has 0 aliphatic carbocycles. The molecule has 0 amide bonds. The van der Waals surface area contributed by atoms with Crippen LogP contribution in [0.2, 0.25) is 0 Å². The Morgan fingerprint density at radius 1 is 1.75 bits per heavy atom. The smallest absolute Gasteiger partial charge is 0.356 e. The molecule has 1 unspecified atom stereocenters. The van der Waals surface area contributed by atoms with Crippen LogP contribution in [-0.4, -0.2) is 35.4 Å². The summed E-state index contributed by atoms with van der Waals surface area (Å²) >= 11 is 0. The van der Waals surface area contributed by atoms with Gasteiger partial charge in [-0.25, -0.2) is 4.79 Å². The van der Waals surface area contributed by atoms with E-state index in [0.29, 0.717) is 12.3 Å². The number of esters is 1. The molecular weight excluding hydrogens is 206 g/mol. The summed E-state index contributed by atoms with van der Waals surface area (Å²) < 4.78 is 6.78. The molecule has 0 radical (unpaired) electrons. The van der Waals surface area contributed by atoms with Crippen LogP contribution in [-0.2, 0) is 4.74 Å². The van der Waals surface area contributed by atoms with Gasteiger partial charge < -0.3 is 10.1 Å². The summed E-state index contributed by atoms with van der Waals surface area (Å²) in [4.78, 5) is 11.7. The van der Waals surface area contributed by atoms with Gasteiger partial charge in [0.25, 0.3) is 0 Å². The first kappa shape index (κ1) is 11.1. The zero-order valence-corrected chi connectivity index (χ0v) is 9.48. The SMILES string of the molecule is CCOC(=O)c1ccnn1C1CCCNC1. The molecule has 1 atom stereocenters. The fraction of sp³-hybridized carbons (Fsp3) is 0.636. The normalized spacial score (nSPS) is 20.7. The minimum absolute atomic E-state index is 0.267. The fourth-order valence-corrected chi connectivity index (χ4v) is 2.01. The van der Waals surface area contributed by atoms with Gasteiger partial charge in [0.2, 0.25) is 0 Å². The Bertz CT molecular complexity index is 356. The second-order valence-electron chi connectivity index (χ2n) is 3.88. The number of nitrogens with one attached hydrogen (secondary N) is 1. The van der Waals surface area contributed by atoms with Crippen LogP contribution < -0.4 is 5.32 Å². The third kappa shape index (κ3) is 2.24. The van der Waals surface area contributed by atoms with Crippen molar-refractivity contribution in [1.82, 2.24) is 15.1 Å². The fourth-order valence-electron chi connectivity index (χ4n) is 2.01. The lowest BCUT2D eigenvalue weighted by Crippen LogP contribution is -2.33. The van der Waals surface area contributed by atoms with E-state index in [0.717, 1.165) is 25.9 Å². The quantitative estimate of drug-likeness (QED) is 0.776. The Morgan fingerprint density at radius 3 is 3.31 bits per heavy atom. The van der Waals surface area contributed by atoms with Gasteiger partial charge in [-0.05, 0) is 32.4 Å². The minimum atomic E-state index is -0.287. The number of carbonyl (C=O) groups is 1. The summed E-state index contributed by atoms with van der Waals surface area (Å²) in [7, 11) is 0. The summed E-state index contributed by atoms with van der Waals surface area (Å²) in [5.74, 6) is -0.287. The van der Waals surface area contributed by atoms with Gasteiger partial charge in [0.1, 0.15) is 5.69 Å². The van der Waals surface area contributed by atoms with Crippen LogP contribution in [0, 0.1) is 0 Å². The zero-order chi connectivity index (χ0) is 11.4. The van der Waals surface area contributed by atoms with E-state index < -0.39 is 0 Å². The van der Waals surface area contributed by atoms with Crippen molar-refractivity contribution in [3.63, 3.8) is 0 Å². The van der Waals surface area contributed by atoms with Gasteiger partial charge in [-0.15, -0.1) is 0 Å². The van der Waals surface area contributed by atoms with E-state index >= 15 is 0 Å². The van der Waals surface area contributed by atoms with Crippen molar-refractivity contribution in [3.8, 4) is 0 Å². The van der Waals surface area contributed by atoms with Crippen molar-refractivity contribution in [2.45, 2.75) is 25.8 Å². The summed E-state index contributed by atoms with van der Waals surface area (Å²) in [6.45, 7) is 4.12. The highest BCUT2D eigenvalue weighted by Gasteiger charge is 2.21. The first-order valence-corrected chi connectivity index (χ1v) is 5.74. The van der Waals surface area contributed by atoms with Crippen molar-refractivity contribution in [1.29, 1.82) is 0 Å². The third-order valence-electron chi connectivity index (χ3n) is 2.77. The van der Waals surface area contributed by atoms with E-state index in [2.05, 4.69) is 10.4 Å². The molecule has 1 aromatic heterocycles. The molecule has 0 spiro atoms. The van der Waals surface area contributed by atoms with E-state index in [9.17, 15) is 4.79 Å². The number of rotatable bonds is 3. The second kappa shape index (κ2) is 5.12. The number of hydrogen-bond donors (Lipinski definition) is 1. The first-order chi connectivity index (χ1) is 7.83.